The van der Waals surface area contributed by atoms with E-state index in [1.165, 1.54) is 11.3 Å². The van der Waals surface area contributed by atoms with Crippen LogP contribution in [0.2, 0.25) is 0 Å². The Balaban J connectivity index is 2.27. The molecule has 0 radical (unpaired) electrons. The molecular formula is C6H11N3OS. The van der Waals surface area contributed by atoms with Gasteiger partial charge in [-0.1, -0.05) is 11.3 Å². The Kier molecular flexibility index (Phi) is 3.13. The minimum absolute atomic E-state index is 0.680. The lowest BCUT2D eigenvalue weighted by Gasteiger charge is -1.98. The summed E-state index contributed by atoms with van der Waals surface area (Å²) in [5.41, 5.74) is 5.47. The number of nitrogens with one attached hydrogen (secondary N) is 1. The number of methoxy groups -OCH3 is 1. The van der Waals surface area contributed by atoms with E-state index >= 15 is 0 Å². The highest BCUT2D eigenvalue weighted by atomic mass is 32.1. The fourth-order valence-corrected chi connectivity index (χ4v) is 1.24. The molecular weight excluding hydrogens is 162 g/mol. The molecule has 0 aliphatic heterocycles. The van der Waals surface area contributed by atoms with Crippen molar-refractivity contribution in [3.05, 3.63) is 6.20 Å². The van der Waals surface area contributed by atoms with E-state index in [0.29, 0.717) is 6.61 Å². The normalized spacial score (nSPS) is 9.91. The molecule has 0 aliphatic carbocycles. The first kappa shape index (κ1) is 8.29. The maximum atomic E-state index is 5.47. The number of nitrogen functional groups attached to an aromatic ring is 1. The topological polar surface area (TPSA) is 60.2 Å². The Morgan fingerprint density at radius 2 is 2.64 bits per heavy atom. The summed E-state index contributed by atoms with van der Waals surface area (Å²) >= 11 is 1.44. The van der Waals surface area contributed by atoms with Gasteiger partial charge < -0.3 is 15.8 Å². The van der Waals surface area contributed by atoms with Crippen LogP contribution in [0, 0.1) is 0 Å². The Labute approximate surface area is 69.4 Å². The summed E-state index contributed by atoms with van der Waals surface area (Å²) in [5, 5.41) is 4.64. The second kappa shape index (κ2) is 4.15. The van der Waals surface area contributed by atoms with Crippen LogP contribution in [0.3, 0.4) is 0 Å². The monoisotopic (exact) mass is 173 g/mol. The van der Waals surface area contributed by atoms with Crippen molar-refractivity contribution in [3.63, 3.8) is 0 Å². The maximum Gasteiger partial charge on any atom is 0.184 e. The van der Waals surface area contributed by atoms with Crippen LogP contribution in [-0.4, -0.2) is 25.2 Å². The van der Waals surface area contributed by atoms with E-state index in [1.807, 2.05) is 0 Å². The van der Waals surface area contributed by atoms with E-state index in [2.05, 4.69) is 10.3 Å². The molecule has 0 amide bonds. The first-order valence-electron chi connectivity index (χ1n) is 3.27. The van der Waals surface area contributed by atoms with Crippen LogP contribution in [0.1, 0.15) is 0 Å². The Morgan fingerprint density at radius 3 is 3.18 bits per heavy atom. The fraction of sp³-hybridized carbons (Fsp3) is 0.500. The summed E-state index contributed by atoms with van der Waals surface area (Å²) in [7, 11) is 1.66. The van der Waals surface area contributed by atoms with E-state index in [4.69, 9.17) is 10.5 Å². The predicted molar refractivity (Wildman–Crippen MR) is 46.9 cm³/mol. The second-order valence-corrected chi connectivity index (χ2v) is 3.05. The molecule has 0 aromatic carbocycles. The van der Waals surface area contributed by atoms with Crippen molar-refractivity contribution in [1.82, 2.24) is 4.98 Å². The molecule has 1 aromatic rings. The van der Waals surface area contributed by atoms with Crippen LogP contribution in [-0.2, 0) is 4.74 Å². The quantitative estimate of drug-likeness (QED) is 0.661. The van der Waals surface area contributed by atoms with Gasteiger partial charge in [-0.3, -0.25) is 0 Å². The number of hydrogen-bond donors (Lipinski definition) is 2. The van der Waals surface area contributed by atoms with Crippen LogP contribution in [0.5, 0.6) is 0 Å². The molecule has 1 heterocycles. The zero-order chi connectivity index (χ0) is 8.10. The fourth-order valence-electron chi connectivity index (χ4n) is 0.628. The SMILES string of the molecule is COCCNc1ncc(N)s1. The third-order valence-corrected chi connectivity index (χ3v) is 1.89. The molecule has 0 spiro atoms. The number of aromatic nitrogens is 1. The maximum absolute atomic E-state index is 5.47. The molecule has 0 bridgehead atoms. The molecule has 3 N–H and O–H groups in total. The summed E-state index contributed by atoms with van der Waals surface area (Å²) in [6.45, 7) is 1.45. The lowest BCUT2D eigenvalue weighted by Crippen LogP contribution is -2.06. The van der Waals surface area contributed by atoms with Crippen LogP contribution >= 0.6 is 11.3 Å². The van der Waals surface area contributed by atoms with Crippen molar-refractivity contribution in [2.75, 3.05) is 31.3 Å². The standard InChI is InChI=1S/C6H11N3OS/c1-10-3-2-8-6-9-4-5(7)11-6/h4H,2-3,7H2,1H3,(H,8,9). The van der Waals surface area contributed by atoms with Crippen LogP contribution in [0.4, 0.5) is 10.1 Å². The highest BCUT2D eigenvalue weighted by Crippen LogP contribution is 2.18. The highest BCUT2D eigenvalue weighted by molar-refractivity contribution is 7.19. The zero-order valence-corrected chi connectivity index (χ0v) is 7.15. The molecule has 0 unspecified atom stereocenters. The van der Waals surface area contributed by atoms with Crippen molar-refractivity contribution >= 4 is 21.5 Å². The van der Waals surface area contributed by atoms with Gasteiger partial charge in [0.15, 0.2) is 5.13 Å². The molecule has 5 heteroatoms. The van der Waals surface area contributed by atoms with E-state index in [-0.39, 0.29) is 0 Å². The first-order valence-corrected chi connectivity index (χ1v) is 4.08. The van der Waals surface area contributed by atoms with E-state index in [0.717, 1.165) is 16.7 Å². The highest BCUT2D eigenvalue weighted by Gasteiger charge is 1.95. The second-order valence-electron chi connectivity index (χ2n) is 1.99. The molecule has 0 aliphatic rings. The Hall–Kier alpha value is -0.810. The number of ether oxygens (including phenoxy) is 1. The van der Waals surface area contributed by atoms with Gasteiger partial charge in [-0.25, -0.2) is 4.98 Å². The van der Waals surface area contributed by atoms with Crippen LogP contribution < -0.4 is 11.1 Å². The Bertz CT molecular complexity index is 213. The number of rotatable bonds is 4. The molecule has 62 valence electrons. The molecule has 1 aromatic heterocycles. The molecule has 1 rings (SSSR count). The minimum Gasteiger partial charge on any atom is -0.389 e. The van der Waals surface area contributed by atoms with Crippen molar-refractivity contribution in [2.45, 2.75) is 0 Å². The van der Waals surface area contributed by atoms with E-state index in [1.54, 1.807) is 13.3 Å². The molecule has 0 saturated heterocycles. The van der Waals surface area contributed by atoms with Crippen molar-refractivity contribution in [1.29, 1.82) is 0 Å². The molecule has 11 heavy (non-hydrogen) atoms. The zero-order valence-electron chi connectivity index (χ0n) is 6.33. The van der Waals surface area contributed by atoms with Crippen LogP contribution in [0.25, 0.3) is 0 Å². The van der Waals surface area contributed by atoms with E-state index in [9.17, 15) is 0 Å². The number of anilines is 2. The van der Waals surface area contributed by atoms with Crippen molar-refractivity contribution in [2.24, 2.45) is 0 Å². The van der Waals surface area contributed by atoms with Gasteiger partial charge >= 0.3 is 0 Å². The molecule has 0 saturated carbocycles. The van der Waals surface area contributed by atoms with Crippen LogP contribution in [0.15, 0.2) is 6.20 Å². The van der Waals surface area contributed by atoms with Gasteiger partial charge in [0, 0.05) is 13.7 Å². The first-order chi connectivity index (χ1) is 5.33. The number of thiazole rings is 1. The lowest BCUT2D eigenvalue weighted by molar-refractivity contribution is 0.211. The lowest BCUT2D eigenvalue weighted by atomic mass is 10.7. The van der Waals surface area contributed by atoms with Crippen molar-refractivity contribution < 1.29 is 4.74 Å². The smallest absolute Gasteiger partial charge is 0.184 e. The van der Waals surface area contributed by atoms with Gasteiger partial charge in [0.25, 0.3) is 0 Å². The van der Waals surface area contributed by atoms with Gasteiger partial charge in [-0.15, -0.1) is 0 Å². The van der Waals surface area contributed by atoms with Crippen molar-refractivity contribution in [3.8, 4) is 0 Å². The molecule has 4 nitrogen and oxygen atoms in total. The minimum atomic E-state index is 0.680. The number of nitrogens with zero attached hydrogens (tertiary/aromatic N) is 1. The summed E-state index contributed by atoms with van der Waals surface area (Å²) in [6, 6.07) is 0. The molecule has 0 fully saturated rings. The molecule has 0 atom stereocenters. The average molecular weight is 173 g/mol. The van der Waals surface area contributed by atoms with Gasteiger partial charge in [0.2, 0.25) is 0 Å². The Morgan fingerprint density at radius 1 is 1.82 bits per heavy atom. The average Bonchev–Trinajstić information content (AvgIpc) is 2.37. The van der Waals surface area contributed by atoms with Gasteiger partial charge in [0.1, 0.15) is 5.00 Å². The van der Waals surface area contributed by atoms with E-state index < -0.39 is 0 Å². The predicted octanol–water partition coefficient (Wildman–Crippen LogP) is 0.784. The summed E-state index contributed by atoms with van der Waals surface area (Å²) < 4.78 is 4.85. The van der Waals surface area contributed by atoms with Gasteiger partial charge in [-0.05, 0) is 0 Å². The summed E-state index contributed by atoms with van der Waals surface area (Å²) in [5.74, 6) is 0. The summed E-state index contributed by atoms with van der Waals surface area (Å²) in [6.07, 6.45) is 1.64. The number of nitrogens with two attached hydrogens (primary N) is 1. The largest absolute Gasteiger partial charge is 0.389 e. The third-order valence-electron chi connectivity index (χ3n) is 1.11. The van der Waals surface area contributed by atoms with Gasteiger partial charge in [0.05, 0.1) is 12.8 Å². The third kappa shape index (κ3) is 2.73. The number of hydrogen-bond acceptors (Lipinski definition) is 5. The summed E-state index contributed by atoms with van der Waals surface area (Å²) in [4.78, 5) is 4.01. The van der Waals surface area contributed by atoms with Gasteiger partial charge in [-0.2, -0.15) is 0 Å².